The van der Waals surface area contributed by atoms with E-state index in [-0.39, 0.29) is 5.82 Å². The van der Waals surface area contributed by atoms with Gasteiger partial charge in [0, 0.05) is 11.6 Å². The van der Waals surface area contributed by atoms with E-state index in [9.17, 15) is 9.18 Å². The third kappa shape index (κ3) is 2.42. The number of halogens is 1. The molecule has 0 aliphatic carbocycles. The van der Waals surface area contributed by atoms with E-state index in [4.69, 9.17) is 0 Å². The summed E-state index contributed by atoms with van der Waals surface area (Å²) < 4.78 is 17.6. The van der Waals surface area contributed by atoms with Crippen LogP contribution in [0.5, 0.6) is 0 Å². The maximum Gasteiger partial charge on any atom is 0.330 e. The molecule has 74 valence electrons. The van der Waals surface area contributed by atoms with Crippen LogP contribution in [0, 0.1) is 5.82 Å². The van der Waals surface area contributed by atoms with Crippen LogP contribution >= 0.6 is 0 Å². The minimum Gasteiger partial charge on any atom is -0.466 e. The summed E-state index contributed by atoms with van der Waals surface area (Å²) in [6, 6.07) is 6.28. The van der Waals surface area contributed by atoms with Crippen molar-refractivity contribution in [2.45, 2.75) is 6.92 Å². The van der Waals surface area contributed by atoms with Gasteiger partial charge in [-0.3, -0.25) is 0 Å². The fourth-order valence-corrected chi connectivity index (χ4v) is 1.09. The standard InChI is InChI=1S/C11H11FO2/c1-8(7-11(13)14-2)9-5-3-4-6-10(9)12/h3-7H,1-2H3/b8-7-. The lowest BCUT2D eigenvalue weighted by Crippen LogP contribution is -1.96. The molecule has 1 rings (SSSR count). The van der Waals surface area contributed by atoms with E-state index in [1.807, 2.05) is 0 Å². The Kier molecular flexibility index (Phi) is 3.40. The molecule has 0 spiro atoms. The number of carbonyl (C=O) groups is 1. The number of ether oxygens (including phenoxy) is 1. The van der Waals surface area contributed by atoms with Gasteiger partial charge in [0.05, 0.1) is 7.11 Å². The van der Waals surface area contributed by atoms with Gasteiger partial charge in [0.1, 0.15) is 5.82 Å². The van der Waals surface area contributed by atoms with E-state index in [0.29, 0.717) is 11.1 Å². The fourth-order valence-electron chi connectivity index (χ4n) is 1.09. The zero-order valence-electron chi connectivity index (χ0n) is 8.08. The van der Waals surface area contributed by atoms with Crippen molar-refractivity contribution in [2.75, 3.05) is 7.11 Å². The molecule has 0 radical (unpaired) electrons. The van der Waals surface area contributed by atoms with Crippen LogP contribution in [0.2, 0.25) is 0 Å². The number of allylic oxidation sites excluding steroid dienone is 1. The smallest absolute Gasteiger partial charge is 0.330 e. The molecule has 0 aliphatic heterocycles. The Labute approximate surface area is 82.0 Å². The highest BCUT2D eigenvalue weighted by Gasteiger charge is 2.04. The maximum absolute atomic E-state index is 13.2. The molecule has 0 N–H and O–H groups in total. The Bertz CT molecular complexity index is 369. The topological polar surface area (TPSA) is 26.3 Å². The van der Waals surface area contributed by atoms with Crippen molar-refractivity contribution in [3.8, 4) is 0 Å². The molecule has 0 fully saturated rings. The van der Waals surface area contributed by atoms with Crippen molar-refractivity contribution < 1.29 is 13.9 Å². The van der Waals surface area contributed by atoms with Crippen LogP contribution in [0.15, 0.2) is 30.3 Å². The maximum atomic E-state index is 13.2. The van der Waals surface area contributed by atoms with Crippen LogP contribution in [0.4, 0.5) is 4.39 Å². The Morgan fingerprint density at radius 1 is 1.43 bits per heavy atom. The second-order valence-corrected chi connectivity index (χ2v) is 2.83. The van der Waals surface area contributed by atoms with Crippen LogP contribution in [0.1, 0.15) is 12.5 Å². The molecular formula is C11H11FO2. The Hall–Kier alpha value is -1.64. The summed E-state index contributed by atoms with van der Waals surface area (Å²) in [5, 5.41) is 0. The number of esters is 1. The minimum atomic E-state index is -0.481. The Balaban J connectivity index is 3.00. The summed E-state index contributed by atoms with van der Waals surface area (Å²) in [6.45, 7) is 1.66. The van der Waals surface area contributed by atoms with Crippen molar-refractivity contribution in [1.82, 2.24) is 0 Å². The van der Waals surface area contributed by atoms with Gasteiger partial charge in [0.15, 0.2) is 0 Å². The molecule has 0 aromatic heterocycles. The lowest BCUT2D eigenvalue weighted by atomic mass is 10.1. The predicted octanol–water partition coefficient (Wildman–Crippen LogP) is 2.40. The van der Waals surface area contributed by atoms with Crippen molar-refractivity contribution in [1.29, 1.82) is 0 Å². The van der Waals surface area contributed by atoms with Crippen LogP contribution in [0.25, 0.3) is 5.57 Å². The first kappa shape index (κ1) is 10.4. The highest BCUT2D eigenvalue weighted by molar-refractivity contribution is 5.90. The molecule has 1 aromatic rings. The van der Waals surface area contributed by atoms with Gasteiger partial charge in [-0.2, -0.15) is 0 Å². The highest BCUT2D eigenvalue weighted by atomic mass is 19.1. The molecule has 2 nitrogen and oxygen atoms in total. The molecule has 0 bridgehead atoms. The summed E-state index contributed by atoms with van der Waals surface area (Å²) in [5.41, 5.74) is 0.966. The fraction of sp³-hybridized carbons (Fsp3) is 0.182. The summed E-state index contributed by atoms with van der Waals surface area (Å²) in [4.78, 5) is 10.9. The zero-order valence-corrected chi connectivity index (χ0v) is 8.08. The second kappa shape index (κ2) is 4.56. The van der Waals surface area contributed by atoms with Gasteiger partial charge in [0.25, 0.3) is 0 Å². The number of methoxy groups -OCH3 is 1. The zero-order chi connectivity index (χ0) is 10.6. The lowest BCUT2D eigenvalue weighted by molar-refractivity contribution is -0.134. The van der Waals surface area contributed by atoms with E-state index in [1.165, 1.54) is 19.3 Å². The SMILES string of the molecule is COC(=O)/C=C(/C)c1ccccc1F. The number of rotatable bonds is 2. The van der Waals surface area contributed by atoms with Crippen LogP contribution in [0.3, 0.4) is 0 Å². The van der Waals surface area contributed by atoms with E-state index in [0.717, 1.165) is 0 Å². The molecule has 0 heterocycles. The Morgan fingerprint density at radius 3 is 2.64 bits per heavy atom. The largest absolute Gasteiger partial charge is 0.466 e. The van der Waals surface area contributed by atoms with Crippen molar-refractivity contribution in [3.05, 3.63) is 41.7 Å². The molecule has 1 aromatic carbocycles. The number of hydrogen-bond acceptors (Lipinski definition) is 2. The van der Waals surface area contributed by atoms with Gasteiger partial charge in [-0.25, -0.2) is 9.18 Å². The summed E-state index contributed by atoms with van der Waals surface area (Å²) in [5.74, 6) is -0.823. The molecule has 0 saturated carbocycles. The predicted molar refractivity (Wildman–Crippen MR) is 52.1 cm³/mol. The van der Waals surface area contributed by atoms with E-state index < -0.39 is 5.97 Å². The second-order valence-electron chi connectivity index (χ2n) is 2.83. The van der Waals surface area contributed by atoms with Crippen LogP contribution in [-0.4, -0.2) is 13.1 Å². The van der Waals surface area contributed by atoms with Gasteiger partial charge < -0.3 is 4.74 Å². The molecule has 0 amide bonds. The molecule has 0 atom stereocenters. The third-order valence-corrected chi connectivity index (χ3v) is 1.83. The average Bonchev–Trinajstić information content (AvgIpc) is 2.18. The molecule has 3 heteroatoms. The van der Waals surface area contributed by atoms with E-state index >= 15 is 0 Å². The lowest BCUT2D eigenvalue weighted by Gasteiger charge is -2.02. The normalized spacial score (nSPS) is 11.2. The Morgan fingerprint density at radius 2 is 2.07 bits per heavy atom. The number of benzene rings is 1. The first-order valence-electron chi connectivity index (χ1n) is 4.16. The van der Waals surface area contributed by atoms with E-state index in [1.54, 1.807) is 25.1 Å². The molecule has 14 heavy (non-hydrogen) atoms. The van der Waals surface area contributed by atoms with Gasteiger partial charge in [0.2, 0.25) is 0 Å². The van der Waals surface area contributed by atoms with Gasteiger partial charge in [-0.1, -0.05) is 18.2 Å². The number of carbonyl (C=O) groups excluding carboxylic acids is 1. The average molecular weight is 194 g/mol. The first-order chi connectivity index (χ1) is 6.65. The van der Waals surface area contributed by atoms with E-state index in [2.05, 4.69) is 4.74 Å². The van der Waals surface area contributed by atoms with Crippen LogP contribution < -0.4 is 0 Å². The number of hydrogen-bond donors (Lipinski definition) is 0. The first-order valence-corrected chi connectivity index (χ1v) is 4.16. The van der Waals surface area contributed by atoms with Crippen molar-refractivity contribution in [2.24, 2.45) is 0 Å². The van der Waals surface area contributed by atoms with Gasteiger partial charge in [-0.05, 0) is 18.6 Å². The van der Waals surface area contributed by atoms with Crippen LogP contribution in [-0.2, 0) is 9.53 Å². The quantitative estimate of drug-likeness (QED) is 0.533. The summed E-state index contributed by atoms with van der Waals surface area (Å²) >= 11 is 0. The monoisotopic (exact) mass is 194 g/mol. The molecule has 0 aliphatic rings. The van der Waals surface area contributed by atoms with Crippen molar-refractivity contribution >= 4 is 11.5 Å². The van der Waals surface area contributed by atoms with Crippen molar-refractivity contribution in [3.63, 3.8) is 0 Å². The van der Waals surface area contributed by atoms with Gasteiger partial charge in [-0.15, -0.1) is 0 Å². The minimum absolute atomic E-state index is 0.342. The third-order valence-electron chi connectivity index (χ3n) is 1.83. The molecular weight excluding hydrogens is 183 g/mol. The molecule has 0 unspecified atom stereocenters. The van der Waals surface area contributed by atoms with Gasteiger partial charge >= 0.3 is 5.97 Å². The molecule has 0 saturated heterocycles. The summed E-state index contributed by atoms with van der Waals surface area (Å²) in [6.07, 6.45) is 1.26. The summed E-state index contributed by atoms with van der Waals surface area (Å²) in [7, 11) is 1.29. The highest BCUT2D eigenvalue weighted by Crippen LogP contribution is 2.16.